The zero-order valence-electron chi connectivity index (χ0n) is 18.6. The Morgan fingerprint density at radius 3 is 2.26 bits per heavy atom. The van der Waals surface area contributed by atoms with E-state index in [9.17, 15) is 9.59 Å². The average Bonchev–Trinajstić information content (AvgIpc) is 3.44. The van der Waals surface area contributed by atoms with Gasteiger partial charge in [0, 0.05) is 0 Å². The Morgan fingerprint density at radius 2 is 1.49 bits per heavy atom. The van der Waals surface area contributed by atoms with E-state index in [0.717, 1.165) is 27.9 Å². The molecule has 0 amide bonds. The second kappa shape index (κ2) is 7.88. The molecule has 0 atom stereocenters. The van der Waals surface area contributed by atoms with Crippen LogP contribution < -0.4 is 12.1 Å². The molecule has 4 aromatic rings. The zero-order chi connectivity index (χ0) is 23.5. The van der Waals surface area contributed by atoms with Crippen LogP contribution in [0.15, 0.2) is 114 Å². The molecule has 2 heterocycles. The third-order valence-electron chi connectivity index (χ3n) is 6.65. The molecule has 1 aliphatic heterocycles. The van der Waals surface area contributed by atoms with Gasteiger partial charge in [-0.25, -0.2) is 0 Å². The predicted octanol–water partition coefficient (Wildman–Crippen LogP) is 4.56. The third-order valence-corrected chi connectivity index (χ3v) is 9.80. The van der Waals surface area contributed by atoms with Gasteiger partial charge in [-0.3, -0.25) is 0 Å². The molecule has 166 valence electrons. The van der Waals surface area contributed by atoms with Crippen LogP contribution in [-0.2, 0) is 0 Å². The number of ketones is 2. The summed E-state index contributed by atoms with van der Waals surface area (Å²) in [7, 11) is 0. The van der Waals surface area contributed by atoms with Crippen molar-refractivity contribution < 1.29 is 9.59 Å². The Hall–Kier alpha value is -3.78. The van der Waals surface area contributed by atoms with Crippen LogP contribution in [0.4, 0.5) is 11.5 Å². The first-order valence-electron chi connectivity index (χ1n) is 11.4. The van der Waals surface area contributed by atoms with E-state index in [2.05, 4.69) is 41.3 Å². The van der Waals surface area contributed by atoms with Crippen molar-refractivity contribution in [1.82, 2.24) is 4.98 Å². The molecular weight excluding hydrogens is 548 g/mol. The number of carbonyl (C=O) groups is 2. The number of allylic oxidation sites excluding steroid dienone is 5. The number of carbonyl (C=O) groups excluding carboxylic acids is 2. The summed E-state index contributed by atoms with van der Waals surface area (Å²) in [6, 6.07) is 24.2. The summed E-state index contributed by atoms with van der Waals surface area (Å²) in [5.74, 6) is 0.617. The Balaban J connectivity index is 1.22. The number of nitrogens with zero attached hydrogens (tertiary/aromatic N) is 2. The molecule has 0 fully saturated rings. The summed E-state index contributed by atoms with van der Waals surface area (Å²) in [4.78, 5) is 33.4. The maximum atomic E-state index is 13.2. The summed E-state index contributed by atoms with van der Waals surface area (Å²) in [6.07, 6.45) is 8.35. The van der Waals surface area contributed by atoms with E-state index >= 15 is 0 Å². The zero-order valence-corrected chi connectivity index (χ0v) is 20.9. The molecule has 0 unspecified atom stereocenters. The molecular formula is C30H18N2O2Te. The van der Waals surface area contributed by atoms with E-state index in [4.69, 9.17) is 4.98 Å². The normalized spacial score (nSPS) is 16.1. The fourth-order valence-electron chi connectivity index (χ4n) is 4.99. The van der Waals surface area contributed by atoms with Crippen LogP contribution in [-0.4, -0.2) is 37.5 Å². The maximum absolute atomic E-state index is 13.2. The number of pyridine rings is 1. The second-order valence-electron chi connectivity index (χ2n) is 8.77. The van der Waals surface area contributed by atoms with E-state index in [1.165, 1.54) is 12.9 Å². The van der Waals surface area contributed by atoms with E-state index in [1.54, 1.807) is 6.08 Å². The van der Waals surface area contributed by atoms with Crippen molar-refractivity contribution in [3.63, 3.8) is 0 Å². The molecule has 1 aromatic heterocycles. The van der Waals surface area contributed by atoms with Gasteiger partial charge in [0.2, 0.25) is 0 Å². The van der Waals surface area contributed by atoms with Gasteiger partial charge < -0.3 is 0 Å². The van der Waals surface area contributed by atoms with Crippen molar-refractivity contribution in [2.45, 2.75) is 6.42 Å². The van der Waals surface area contributed by atoms with Crippen molar-refractivity contribution >= 4 is 62.0 Å². The molecule has 5 heteroatoms. The molecule has 35 heavy (non-hydrogen) atoms. The van der Waals surface area contributed by atoms with Gasteiger partial charge in [-0.2, -0.15) is 0 Å². The topological polar surface area (TPSA) is 50.3 Å². The van der Waals surface area contributed by atoms with Crippen LogP contribution in [0, 0.1) is 0 Å². The number of anilines is 2. The fraction of sp³-hybridized carbons (Fsp3) is 0.0333. The number of hydrogen-bond donors (Lipinski definition) is 0. The first-order valence-corrected chi connectivity index (χ1v) is 13.8. The summed E-state index contributed by atoms with van der Waals surface area (Å²) in [5.41, 5.74) is 4.48. The molecule has 0 radical (unpaired) electrons. The fourth-order valence-corrected chi connectivity index (χ4v) is 7.93. The molecule has 3 aromatic carbocycles. The first-order chi connectivity index (χ1) is 17.2. The number of rotatable bonds is 2. The Kier molecular flexibility index (Phi) is 4.63. The van der Waals surface area contributed by atoms with Crippen LogP contribution in [0.25, 0.3) is 10.8 Å². The number of fused-ring (bicyclic) bond motifs is 4. The van der Waals surface area contributed by atoms with Crippen LogP contribution in [0.3, 0.4) is 0 Å². The monoisotopic (exact) mass is 568 g/mol. The van der Waals surface area contributed by atoms with E-state index in [0.29, 0.717) is 17.5 Å². The van der Waals surface area contributed by atoms with Crippen molar-refractivity contribution in [1.29, 1.82) is 0 Å². The van der Waals surface area contributed by atoms with Gasteiger partial charge >= 0.3 is 189 Å². The van der Waals surface area contributed by atoms with Crippen LogP contribution in [0.2, 0.25) is 0 Å². The summed E-state index contributed by atoms with van der Waals surface area (Å²) in [5, 5.41) is 1.94. The quantitative estimate of drug-likeness (QED) is 0.203. The SMILES string of the molecule is O=C1C(=CC2=CC=C(N3c4ccccc4[Te]c4cccnc43)C2)C(=O)c2cc3ccccc3cc21. The standard InChI is InChI=1S/C30H18N2O2Te/c33-28-22-16-19-6-1-2-7-20(19)17-23(22)29(34)24(28)15-18-11-12-21(14-18)32-25-8-3-4-9-26(25)35-27-10-5-13-31-30(27)32/h1-13,15-17H,14H2. The molecule has 0 saturated heterocycles. The molecule has 3 aliphatic rings. The van der Waals surface area contributed by atoms with Gasteiger partial charge in [-0.15, -0.1) is 0 Å². The molecule has 4 nitrogen and oxygen atoms in total. The number of benzene rings is 3. The Morgan fingerprint density at radius 1 is 0.800 bits per heavy atom. The van der Waals surface area contributed by atoms with E-state index in [1.807, 2.05) is 54.7 Å². The third kappa shape index (κ3) is 3.24. The van der Waals surface area contributed by atoms with Gasteiger partial charge in [-0.1, -0.05) is 24.3 Å². The summed E-state index contributed by atoms with van der Waals surface area (Å²) < 4.78 is 2.70. The molecule has 2 aliphatic carbocycles. The van der Waals surface area contributed by atoms with Gasteiger partial charge in [0.1, 0.15) is 0 Å². The van der Waals surface area contributed by atoms with Gasteiger partial charge in [0.25, 0.3) is 0 Å². The minimum absolute atomic E-state index is 0.189. The molecule has 0 spiro atoms. The number of para-hydroxylation sites is 1. The van der Waals surface area contributed by atoms with Crippen LogP contribution in [0.1, 0.15) is 27.1 Å². The second-order valence-corrected chi connectivity index (χ2v) is 11.9. The van der Waals surface area contributed by atoms with Crippen molar-refractivity contribution in [2.75, 3.05) is 4.90 Å². The van der Waals surface area contributed by atoms with Gasteiger partial charge in [-0.05, 0) is 0 Å². The molecule has 0 N–H and O–H groups in total. The average molecular weight is 566 g/mol. The molecule has 0 bridgehead atoms. The van der Waals surface area contributed by atoms with Crippen LogP contribution >= 0.6 is 0 Å². The van der Waals surface area contributed by atoms with Gasteiger partial charge in [0.05, 0.1) is 0 Å². The Bertz CT molecular complexity index is 1590. The number of aromatic nitrogens is 1. The summed E-state index contributed by atoms with van der Waals surface area (Å²) >= 11 is -0.501. The van der Waals surface area contributed by atoms with E-state index in [-0.39, 0.29) is 17.1 Å². The minimum atomic E-state index is -0.501. The summed E-state index contributed by atoms with van der Waals surface area (Å²) in [6.45, 7) is 0. The molecule has 0 saturated carbocycles. The number of hydrogen-bond acceptors (Lipinski definition) is 4. The van der Waals surface area contributed by atoms with Crippen molar-refractivity contribution in [3.8, 4) is 0 Å². The molecule has 7 rings (SSSR count). The number of Topliss-reactive ketones (excluding diaryl/α,β-unsaturated/α-hetero) is 2. The van der Waals surface area contributed by atoms with Crippen LogP contribution in [0.5, 0.6) is 0 Å². The van der Waals surface area contributed by atoms with Crippen molar-refractivity contribution in [2.24, 2.45) is 0 Å². The Labute approximate surface area is 212 Å². The van der Waals surface area contributed by atoms with E-state index < -0.39 is 20.9 Å². The van der Waals surface area contributed by atoms with Gasteiger partial charge in [0.15, 0.2) is 0 Å². The predicted molar refractivity (Wildman–Crippen MR) is 139 cm³/mol. The van der Waals surface area contributed by atoms with Crippen molar-refractivity contribution in [3.05, 3.63) is 125 Å². The first kappa shape index (κ1) is 20.6.